The molecule has 0 aromatic rings. The summed E-state index contributed by atoms with van der Waals surface area (Å²) in [5.74, 6) is 5.77. The van der Waals surface area contributed by atoms with E-state index in [0.29, 0.717) is 0 Å². The van der Waals surface area contributed by atoms with Gasteiger partial charge in [0, 0.05) is 35.6 Å². The maximum Gasteiger partial charge on any atom is 0.0265 e. The average Bonchev–Trinajstić information content (AvgIpc) is 2.78. The zero-order valence-corrected chi connectivity index (χ0v) is 13.5. The molecule has 1 N–H and O–H groups in total. The third kappa shape index (κ3) is 5.32. The first kappa shape index (κ1) is 15.0. The minimum atomic E-state index is 0.776. The van der Waals surface area contributed by atoms with E-state index in [1.807, 2.05) is 0 Å². The Morgan fingerprint density at radius 1 is 1.33 bits per heavy atom. The maximum absolute atomic E-state index is 3.61. The molecule has 18 heavy (non-hydrogen) atoms. The highest BCUT2D eigenvalue weighted by atomic mass is 32.2. The van der Waals surface area contributed by atoms with Crippen LogP contribution in [0.2, 0.25) is 0 Å². The van der Waals surface area contributed by atoms with Crippen molar-refractivity contribution in [2.24, 2.45) is 11.8 Å². The van der Waals surface area contributed by atoms with E-state index in [9.17, 15) is 0 Å². The van der Waals surface area contributed by atoms with Gasteiger partial charge in [-0.1, -0.05) is 13.8 Å². The minimum Gasteiger partial charge on any atom is -0.316 e. The lowest BCUT2D eigenvalue weighted by Gasteiger charge is -2.26. The lowest BCUT2D eigenvalue weighted by Crippen LogP contribution is -2.33. The van der Waals surface area contributed by atoms with Crippen LogP contribution in [0.25, 0.3) is 0 Å². The molecule has 0 bridgehead atoms. The summed E-state index contributed by atoms with van der Waals surface area (Å²) in [5, 5.41) is 4.51. The number of nitrogens with one attached hydrogen (secondary N) is 1. The zero-order chi connectivity index (χ0) is 12.8. The van der Waals surface area contributed by atoms with Crippen LogP contribution in [-0.2, 0) is 0 Å². The fraction of sp³-hybridized carbons (Fsp3) is 1.00. The largest absolute Gasteiger partial charge is 0.316 e. The quantitative estimate of drug-likeness (QED) is 0.807. The van der Waals surface area contributed by atoms with Gasteiger partial charge in [-0.05, 0) is 37.9 Å². The molecule has 0 amide bonds. The van der Waals surface area contributed by atoms with E-state index < -0.39 is 0 Å². The molecule has 0 aromatic heterocycles. The summed E-state index contributed by atoms with van der Waals surface area (Å²) in [6, 6.07) is 0. The molecule has 0 radical (unpaired) electrons. The molecule has 2 aliphatic rings. The molecule has 0 aliphatic carbocycles. The average molecular weight is 289 g/mol. The molecule has 0 spiro atoms. The Morgan fingerprint density at radius 2 is 2.22 bits per heavy atom. The first-order valence-electron chi connectivity index (χ1n) is 7.36. The monoisotopic (exact) mass is 288 g/mol. The molecular formula is C14H28N2S2. The van der Waals surface area contributed by atoms with Gasteiger partial charge in [0.05, 0.1) is 0 Å². The third-order valence-corrected chi connectivity index (χ3v) is 6.53. The van der Waals surface area contributed by atoms with E-state index in [4.69, 9.17) is 0 Å². The van der Waals surface area contributed by atoms with Crippen molar-refractivity contribution in [2.45, 2.75) is 25.5 Å². The molecule has 0 aromatic carbocycles. The van der Waals surface area contributed by atoms with Crippen molar-refractivity contribution in [2.75, 3.05) is 50.0 Å². The number of thioether (sulfide) groups is 2. The molecule has 2 nitrogen and oxygen atoms in total. The van der Waals surface area contributed by atoms with Crippen LogP contribution in [0, 0.1) is 11.8 Å². The van der Waals surface area contributed by atoms with Crippen molar-refractivity contribution in [3.8, 4) is 0 Å². The molecule has 0 saturated carbocycles. The first-order valence-corrected chi connectivity index (χ1v) is 9.57. The highest BCUT2D eigenvalue weighted by Gasteiger charge is 2.25. The molecule has 106 valence electrons. The molecule has 2 unspecified atom stereocenters. The Morgan fingerprint density at radius 3 is 2.94 bits per heavy atom. The second-order valence-electron chi connectivity index (χ2n) is 6.03. The van der Waals surface area contributed by atoms with Crippen LogP contribution < -0.4 is 5.32 Å². The van der Waals surface area contributed by atoms with Crippen LogP contribution in [0.1, 0.15) is 20.3 Å². The maximum atomic E-state index is 3.61. The van der Waals surface area contributed by atoms with Crippen molar-refractivity contribution in [1.29, 1.82) is 0 Å². The van der Waals surface area contributed by atoms with Gasteiger partial charge in [0.15, 0.2) is 0 Å². The number of hydrogen-bond acceptors (Lipinski definition) is 4. The van der Waals surface area contributed by atoms with Gasteiger partial charge in [0.2, 0.25) is 0 Å². The highest BCUT2D eigenvalue weighted by Crippen LogP contribution is 2.26. The van der Waals surface area contributed by atoms with Crippen LogP contribution in [0.5, 0.6) is 0 Å². The SMILES string of the molecule is CC(C)CNCC1CCN(CC2CSCCS2)C1. The molecule has 2 saturated heterocycles. The van der Waals surface area contributed by atoms with E-state index >= 15 is 0 Å². The second kappa shape index (κ2) is 8.03. The van der Waals surface area contributed by atoms with Gasteiger partial charge in [-0.15, -0.1) is 0 Å². The normalized spacial score (nSPS) is 30.2. The fourth-order valence-corrected chi connectivity index (χ4v) is 5.47. The van der Waals surface area contributed by atoms with Gasteiger partial charge in [0.1, 0.15) is 0 Å². The Kier molecular flexibility index (Phi) is 6.70. The van der Waals surface area contributed by atoms with Crippen LogP contribution in [0.3, 0.4) is 0 Å². The summed E-state index contributed by atoms with van der Waals surface area (Å²) in [6.45, 7) is 11.0. The predicted molar refractivity (Wildman–Crippen MR) is 85.8 cm³/mol. The van der Waals surface area contributed by atoms with Crippen LogP contribution in [0.15, 0.2) is 0 Å². The molecule has 2 heterocycles. The van der Waals surface area contributed by atoms with Crippen molar-refractivity contribution >= 4 is 23.5 Å². The summed E-state index contributed by atoms with van der Waals surface area (Å²) >= 11 is 4.34. The van der Waals surface area contributed by atoms with Gasteiger partial charge < -0.3 is 10.2 Å². The Balaban J connectivity index is 1.59. The minimum absolute atomic E-state index is 0.776. The smallest absolute Gasteiger partial charge is 0.0265 e. The molecule has 2 fully saturated rings. The third-order valence-electron chi connectivity index (χ3n) is 3.70. The Hall–Kier alpha value is 0.620. The van der Waals surface area contributed by atoms with Gasteiger partial charge in [0.25, 0.3) is 0 Å². The summed E-state index contributed by atoms with van der Waals surface area (Å²) < 4.78 is 0. The van der Waals surface area contributed by atoms with Crippen molar-refractivity contribution in [3.05, 3.63) is 0 Å². The number of likely N-dealkylation sites (tertiary alicyclic amines) is 1. The number of hydrogen-bond donors (Lipinski definition) is 1. The predicted octanol–water partition coefficient (Wildman–Crippen LogP) is 2.40. The topological polar surface area (TPSA) is 15.3 Å². The summed E-state index contributed by atoms with van der Waals surface area (Å²) in [6.07, 6.45) is 1.40. The summed E-state index contributed by atoms with van der Waals surface area (Å²) in [5.41, 5.74) is 0. The van der Waals surface area contributed by atoms with Crippen LogP contribution >= 0.6 is 23.5 Å². The lowest BCUT2D eigenvalue weighted by molar-refractivity contribution is 0.325. The molecule has 2 rings (SSSR count). The van der Waals surface area contributed by atoms with Gasteiger partial charge in [-0.2, -0.15) is 23.5 Å². The summed E-state index contributed by atoms with van der Waals surface area (Å²) in [7, 11) is 0. The van der Waals surface area contributed by atoms with E-state index in [1.54, 1.807) is 0 Å². The number of nitrogens with zero attached hydrogens (tertiary/aromatic N) is 1. The van der Waals surface area contributed by atoms with Gasteiger partial charge in [-0.25, -0.2) is 0 Å². The zero-order valence-electron chi connectivity index (χ0n) is 11.9. The molecule has 2 aliphatic heterocycles. The first-order chi connectivity index (χ1) is 8.74. The van der Waals surface area contributed by atoms with E-state index in [0.717, 1.165) is 17.1 Å². The Bertz CT molecular complexity index is 230. The van der Waals surface area contributed by atoms with Crippen molar-refractivity contribution < 1.29 is 0 Å². The molecule has 4 heteroatoms. The van der Waals surface area contributed by atoms with E-state index in [1.165, 1.54) is 56.4 Å². The van der Waals surface area contributed by atoms with E-state index in [2.05, 4.69) is 47.6 Å². The standard InChI is InChI=1S/C14H28N2S2/c1-12(2)7-15-8-13-3-4-16(9-13)10-14-11-17-5-6-18-14/h12-15H,3-11H2,1-2H3. The van der Waals surface area contributed by atoms with Gasteiger partial charge in [-0.3, -0.25) is 0 Å². The van der Waals surface area contributed by atoms with Crippen molar-refractivity contribution in [3.63, 3.8) is 0 Å². The number of rotatable bonds is 6. The van der Waals surface area contributed by atoms with E-state index in [-0.39, 0.29) is 0 Å². The fourth-order valence-electron chi connectivity index (χ4n) is 2.75. The second-order valence-corrected chi connectivity index (χ2v) is 8.59. The van der Waals surface area contributed by atoms with Crippen molar-refractivity contribution in [1.82, 2.24) is 10.2 Å². The summed E-state index contributed by atoms with van der Waals surface area (Å²) in [4.78, 5) is 2.70. The van der Waals surface area contributed by atoms with Crippen LogP contribution in [-0.4, -0.2) is 60.1 Å². The molecular weight excluding hydrogens is 260 g/mol. The Labute approximate surface area is 121 Å². The van der Waals surface area contributed by atoms with Gasteiger partial charge >= 0.3 is 0 Å². The lowest BCUT2D eigenvalue weighted by atomic mass is 10.1. The van der Waals surface area contributed by atoms with Crippen LogP contribution in [0.4, 0.5) is 0 Å². The highest BCUT2D eigenvalue weighted by molar-refractivity contribution is 8.06. The molecule has 2 atom stereocenters.